The van der Waals surface area contributed by atoms with Crippen LogP contribution in [0, 0.1) is 30.1 Å². The molecule has 2 unspecified atom stereocenters. The highest BCUT2D eigenvalue weighted by Crippen LogP contribution is 2.63. The maximum Gasteiger partial charge on any atom is 0.490 e. The molecule has 10 nitrogen and oxygen atoms in total. The number of pyridine rings is 2. The van der Waals surface area contributed by atoms with Crippen molar-refractivity contribution in [1.82, 2.24) is 14.9 Å². The summed E-state index contributed by atoms with van der Waals surface area (Å²) in [6.45, 7) is 7.19. The predicted molar refractivity (Wildman–Crippen MR) is 148 cm³/mol. The lowest BCUT2D eigenvalue weighted by Crippen LogP contribution is -2.53. The van der Waals surface area contributed by atoms with Crippen LogP contribution in [0.1, 0.15) is 24.4 Å². The molecule has 3 fully saturated rings. The molecule has 3 aliphatic rings. The monoisotopic (exact) mass is 623 g/mol. The van der Waals surface area contributed by atoms with Gasteiger partial charge in [0, 0.05) is 35.3 Å². The molecule has 3 aromatic rings. The smallest absolute Gasteiger partial charge is 0.475 e. The first-order valence-corrected chi connectivity index (χ1v) is 14.0. The van der Waals surface area contributed by atoms with Gasteiger partial charge >= 0.3 is 12.1 Å². The first-order chi connectivity index (χ1) is 19.5. The molecule has 0 bridgehead atoms. The van der Waals surface area contributed by atoms with Gasteiger partial charge in [0.15, 0.2) is 0 Å². The van der Waals surface area contributed by atoms with Gasteiger partial charge in [-0.1, -0.05) is 25.4 Å². The van der Waals surface area contributed by atoms with Crippen LogP contribution in [0.15, 0.2) is 24.4 Å². The number of thiophene rings is 1. The van der Waals surface area contributed by atoms with Crippen molar-refractivity contribution in [2.24, 2.45) is 28.9 Å². The molecular formula is C27H25ClF3N5O5S. The zero-order valence-electron chi connectivity index (χ0n) is 22.5. The quantitative estimate of drug-likeness (QED) is 0.320. The number of amides is 3. The Morgan fingerprint density at radius 3 is 2.31 bits per heavy atom. The van der Waals surface area contributed by atoms with Gasteiger partial charge in [-0.05, 0) is 30.5 Å². The molecule has 5 heterocycles. The third-order valence-corrected chi connectivity index (χ3v) is 9.27. The molecule has 0 spiro atoms. The molecule has 2 aliphatic heterocycles. The number of carboxylic acid groups (broad SMARTS) is 1. The summed E-state index contributed by atoms with van der Waals surface area (Å²) in [6.07, 6.45) is -3.34. The van der Waals surface area contributed by atoms with Gasteiger partial charge in [-0.3, -0.25) is 24.3 Å². The molecule has 0 aromatic carbocycles. The maximum absolute atomic E-state index is 12.8. The minimum absolute atomic E-state index is 0.0729. The molecular weight excluding hydrogens is 599 g/mol. The van der Waals surface area contributed by atoms with E-state index in [1.807, 2.05) is 39.0 Å². The molecule has 1 aliphatic carbocycles. The Kier molecular flexibility index (Phi) is 7.21. The molecule has 3 N–H and O–H groups in total. The number of aliphatic carboxylic acids is 1. The van der Waals surface area contributed by atoms with E-state index in [9.17, 15) is 27.6 Å². The third-order valence-electron chi connectivity index (χ3n) is 7.94. The van der Waals surface area contributed by atoms with Crippen molar-refractivity contribution in [3.8, 4) is 11.1 Å². The number of nitrogens with zero attached hydrogens (tertiary/aromatic N) is 4. The number of carboxylic acids is 1. The van der Waals surface area contributed by atoms with Crippen molar-refractivity contribution in [2.75, 3.05) is 18.0 Å². The molecule has 0 radical (unpaired) electrons. The fourth-order valence-corrected chi connectivity index (χ4v) is 7.03. The summed E-state index contributed by atoms with van der Waals surface area (Å²) in [5, 5.41) is 7.50. The summed E-state index contributed by atoms with van der Waals surface area (Å²) in [7, 11) is 0. The number of alkyl halides is 3. The summed E-state index contributed by atoms with van der Waals surface area (Å²) in [5.74, 6) is -3.77. The predicted octanol–water partition coefficient (Wildman–Crippen LogP) is 4.02. The van der Waals surface area contributed by atoms with E-state index in [0.29, 0.717) is 18.2 Å². The number of piperidine rings is 1. The molecule has 222 valence electrons. The SMILES string of the molecule is Cc1nc(Cl)cc(-c2ccnc3cc(CN4C(=O)C5C(C4=O)C5(C)C)sc23)c1N1CC(C(N)=O)C1.O=C(O)C(F)(F)F. The van der Waals surface area contributed by atoms with Crippen LogP contribution in [0.4, 0.5) is 18.9 Å². The lowest BCUT2D eigenvalue weighted by Gasteiger charge is -2.41. The Balaban J connectivity index is 0.000000451. The van der Waals surface area contributed by atoms with E-state index in [1.54, 1.807) is 6.20 Å². The minimum Gasteiger partial charge on any atom is -0.475 e. The van der Waals surface area contributed by atoms with Crippen LogP contribution in [0.3, 0.4) is 0 Å². The lowest BCUT2D eigenvalue weighted by molar-refractivity contribution is -0.192. The van der Waals surface area contributed by atoms with Crippen LogP contribution in [-0.2, 0) is 25.7 Å². The molecule has 3 aromatic heterocycles. The Hall–Kier alpha value is -3.78. The van der Waals surface area contributed by atoms with E-state index in [2.05, 4.69) is 14.9 Å². The van der Waals surface area contributed by atoms with Crippen molar-refractivity contribution in [3.05, 3.63) is 40.1 Å². The van der Waals surface area contributed by atoms with Crippen LogP contribution in [0.2, 0.25) is 5.15 Å². The topological polar surface area (TPSA) is 147 Å². The van der Waals surface area contributed by atoms with Crippen LogP contribution in [0.5, 0.6) is 0 Å². The summed E-state index contributed by atoms with van der Waals surface area (Å²) in [6, 6.07) is 5.71. The molecule has 3 amide bonds. The first-order valence-electron chi connectivity index (χ1n) is 12.8. The number of carbonyl (C=O) groups excluding carboxylic acids is 3. The van der Waals surface area contributed by atoms with E-state index in [0.717, 1.165) is 37.6 Å². The number of halogens is 4. The van der Waals surface area contributed by atoms with Gasteiger partial charge in [0.05, 0.1) is 45.9 Å². The van der Waals surface area contributed by atoms with E-state index in [-0.39, 0.29) is 47.4 Å². The van der Waals surface area contributed by atoms with E-state index in [4.69, 9.17) is 27.2 Å². The molecule has 1 saturated carbocycles. The van der Waals surface area contributed by atoms with E-state index < -0.39 is 12.1 Å². The number of fused-ring (bicyclic) bond motifs is 2. The largest absolute Gasteiger partial charge is 0.490 e. The number of aryl methyl sites for hydroxylation is 1. The maximum atomic E-state index is 12.8. The molecule has 42 heavy (non-hydrogen) atoms. The number of aromatic nitrogens is 2. The number of primary amides is 1. The summed E-state index contributed by atoms with van der Waals surface area (Å²) in [5.41, 5.74) is 9.59. The summed E-state index contributed by atoms with van der Waals surface area (Å²) >= 11 is 7.89. The highest BCUT2D eigenvalue weighted by atomic mass is 35.5. The van der Waals surface area contributed by atoms with Crippen LogP contribution >= 0.6 is 22.9 Å². The van der Waals surface area contributed by atoms with E-state index in [1.165, 1.54) is 16.2 Å². The van der Waals surface area contributed by atoms with Gasteiger partial charge in [-0.15, -0.1) is 11.3 Å². The lowest BCUT2D eigenvalue weighted by atomic mass is 9.95. The minimum atomic E-state index is -5.08. The third kappa shape index (κ3) is 5.06. The van der Waals surface area contributed by atoms with Crippen molar-refractivity contribution in [1.29, 1.82) is 0 Å². The number of imide groups is 1. The number of carbonyl (C=O) groups is 4. The second kappa shape index (κ2) is 10.2. The van der Waals surface area contributed by atoms with Crippen molar-refractivity contribution < 1.29 is 37.5 Å². The Morgan fingerprint density at radius 2 is 1.76 bits per heavy atom. The number of anilines is 1. The Bertz CT molecular complexity index is 1630. The van der Waals surface area contributed by atoms with Crippen LogP contribution < -0.4 is 10.6 Å². The van der Waals surface area contributed by atoms with Gasteiger partial charge < -0.3 is 15.7 Å². The standard InChI is InChI=1S/C25H24ClN5O3S.C2HF3O2/c1-11-20(30-8-12(9-30)22(27)32)15(7-17(26)29-11)14-4-5-28-16-6-13(35-21(14)16)10-31-23(33)18-19(24(31)34)25(18,2)3;3-2(4,5)1(6)7/h4-7,12,18-19H,8-10H2,1-3H3,(H2,27,32);(H,6,7). The van der Waals surface area contributed by atoms with Gasteiger partial charge in [0.25, 0.3) is 0 Å². The second-order valence-electron chi connectivity index (χ2n) is 11.1. The van der Waals surface area contributed by atoms with E-state index >= 15 is 0 Å². The molecule has 2 saturated heterocycles. The number of nitrogens with two attached hydrogens (primary N) is 1. The zero-order chi connectivity index (χ0) is 30.9. The van der Waals surface area contributed by atoms with Crippen molar-refractivity contribution >= 4 is 62.5 Å². The second-order valence-corrected chi connectivity index (χ2v) is 12.6. The summed E-state index contributed by atoms with van der Waals surface area (Å²) in [4.78, 5) is 59.5. The number of rotatable bonds is 5. The first kappa shape index (κ1) is 29.7. The molecule has 2 atom stereocenters. The van der Waals surface area contributed by atoms with Crippen molar-refractivity contribution in [3.63, 3.8) is 0 Å². The average Bonchev–Trinajstić information content (AvgIpc) is 3.09. The fourth-order valence-electron chi connectivity index (χ4n) is 5.67. The average molecular weight is 624 g/mol. The van der Waals surface area contributed by atoms with Gasteiger partial charge in [-0.2, -0.15) is 13.2 Å². The van der Waals surface area contributed by atoms with Gasteiger partial charge in [-0.25, -0.2) is 9.78 Å². The van der Waals surface area contributed by atoms with Crippen molar-refractivity contribution in [2.45, 2.75) is 33.5 Å². The number of hydrogen-bond donors (Lipinski definition) is 2. The van der Waals surface area contributed by atoms with Gasteiger partial charge in [0.1, 0.15) is 5.15 Å². The summed E-state index contributed by atoms with van der Waals surface area (Å²) < 4.78 is 32.7. The van der Waals surface area contributed by atoms with Crippen LogP contribution in [0.25, 0.3) is 21.3 Å². The van der Waals surface area contributed by atoms with Gasteiger partial charge in [0.2, 0.25) is 17.7 Å². The highest BCUT2D eigenvalue weighted by molar-refractivity contribution is 7.19. The molecule has 15 heteroatoms. The normalized spacial score (nSPS) is 21.1. The zero-order valence-corrected chi connectivity index (χ0v) is 24.1. The Labute approximate surface area is 246 Å². The van der Waals surface area contributed by atoms with Crippen LogP contribution in [-0.4, -0.2) is 62.9 Å². The highest BCUT2D eigenvalue weighted by Gasteiger charge is 2.72. The molecule has 6 rings (SSSR count). The Morgan fingerprint density at radius 1 is 1.17 bits per heavy atom. The number of hydrogen-bond acceptors (Lipinski definition) is 8. The number of likely N-dealkylation sites (tertiary alicyclic amines) is 1. The fraction of sp³-hybridized carbons (Fsp3) is 0.407.